The second kappa shape index (κ2) is 6.39. The van der Waals surface area contributed by atoms with E-state index >= 15 is 0 Å². The molecule has 0 saturated carbocycles. The first kappa shape index (κ1) is 14.3. The first-order valence-corrected chi connectivity index (χ1v) is 6.76. The molecule has 0 unspecified atom stereocenters. The minimum Gasteiger partial charge on any atom is -0.385 e. The van der Waals surface area contributed by atoms with Gasteiger partial charge in [0.1, 0.15) is 0 Å². The van der Waals surface area contributed by atoms with Gasteiger partial charge in [-0.3, -0.25) is 4.79 Å². The number of amides is 1. The summed E-state index contributed by atoms with van der Waals surface area (Å²) in [6.45, 7) is 4.77. The fourth-order valence-corrected chi connectivity index (χ4v) is 2.05. The number of anilines is 2. The van der Waals surface area contributed by atoms with E-state index in [1.165, 1.54) is 0 Å². The van der Waals surface area contributed by atoms with Gasteiger partial charge in [0, 0.05) is 24.0 Å². The van der Waals surface area contributed by atoms with Crippen molar-refractivity contribution in [2.24, 2.45) is 0 Å². The topological polar surface area (TPSA) is 54.0 Å². The van der Waals surface area contributed by atoms with Crippen molar-refractivity contribution < 1.29 is 4.79 Å². The quantitative estimate of drug-likeness (QED) is 0.902. The molecular weight excluding hydrogens is 274 g/mol. The van der Waals surface area contributed by atoms with Crippen LogP contribution in [0.25, 0.3) is 0 Å². The van der Waals surface area contributed by atoms with Crippen LogP contribution in [0.4, 0.5) is 11.5 Å². The summed E-state index contributed by atoms with van der Waals surface area (Å²) in [5.41, 5.74) is 2.50. The Labute approximate surface area is 123 Å². The first-order valence-electron chi connectivity index (χ1n) is 6.38. The zero-order valence-corrected chi connectivity index (χ0v) is 12.2. The van der Waals surface area contributed by atoms with Crippen molar-refractivity contribution in [2.45, 2.75) is 13.8 Å². The van der Waals surface area contributed by atoms with Crippen LogP contribution in [0, 0.1) is 6.92 Å². The Balaban J connectivity index is 2.19. The molecule has 20 heavy (non-hydrogen) atoms. The summed E-state index contributed by atoms with van der Waals surface area (Å²) in [4.78, 5) is 16.3. The average Bonchev–Trinajstić information content (AvgIpc) is 2.42. The summed E-state index contributed by atoms with van der Waals surface area (Å²) < 4.78 is 0. The normalized spacial score (nSPS) is 10.2. The van der Waals surface area contributed by atoms with Crippen LogP contribution in [0.1, 0.15) is 22.8 Å². The second-order valence-corrected chi connectivity index (χ2v) is 4.76. The van der Waals surface area contributed by atoms with E-state index in [2.05, 4.69) is 15.6 Å². The van der Waals surface area contributed by atoms with Crippen molar-refractivity contribution in [3.05, 3.63) is 52.7 Å². The van der Waals surface area contributed by atoms with Gasteiger partial charge in [-0.25, -0.2) is 4.98 Å². The van der Waals surface area contributed by atoms with Gasteiger partial charge in [0.15, 0.2) is 5.82 Å². The summed E-state index contributed by atoms with van der Waals surface area (Å²) in [5.74, 6) is 0.153. The third kappa shape index (κ3) is 3.27. The zero-order chi connectivity index (χ0) is 14.5. The van der Waals surface area contributed by atoms with E-state index in [1.807, 2.05) is 26.0 Å². The molecule has 1 amide bonds. The average molecular weight is 290 g/mol. The molecule has 1 aromatic carbocycles. The van der Waals surface area contributed by atoms with Gasteiger partial charge in [0.05, 0.1) is 5.02 Å². The minimum absolute atomic E-state index is 0.217. The highest BCUT2D eigenvalue weighted by molar-refractivity contribution is 6.33. The summed E-state index contributed by atoms with van der Waals surface area (Å²) in [6.07, 6.45) is 1.59. The minimum atomic E-state index is -0.217. The Morgan fingerprint density at radius 1 is 1.35 bits per heavy atom. The molecule has 0 aliphatic rings. The van der Waals surface area contributed by atoms with E-state index in [0.29, 0.717) is 16.4 Å². The fraction of sp³-hybridized carbons (Fsp3) is 0.200. The molecule has 104 valence electrons. The van der Waals surface area contributed by atoms with Crippen LogP contribution in [0.3, 0.4) is 0 Å². The molecular formula is C15H16ClN3O. The Morgan fingerprint density at radius 3 is 2.80 bits per heavy atom. The number of carbonyl (C=O) groups excluding carboxylic acids is 1. The van der Waals surface area contributed by atoms with Crippen LogP contribution in [-0.2, 0) is 0 Å². The molecule has 0 aliphatic heterocycles. The van der Waals surface area contributed by atoms with Crippen molar-refractivity contribution in [3.63, 3.8) is 0 Å². The Bertz CT molecular complexity index is 628. The van der Waals surface area contributed by atoms with Gasteiger partial charge >= 0.3 is 0 Å². The molecule has 0 saturated heterocycles. The molecule has 0 radical (unpaired) electrons. The van der Waals surface area contributed by atoms with Crippen LogP contribution >= 0.6 is 11.6 Å². The highest BCUT2D eigenvalue weighted by Gasteiger charge is 2.11. The first-order chi connectivity index (χ1) is 9.61. The van der Waals surface area contributed by atoms with Crippen molar-refractivity contribution in [1.29, 1.82) is 0 Å². The number of halogens is 1. The maximum atomic E-state index is 12.2. The van der Waals surface area contributed by atoms with E-state index in [9.17, 15) is 4.79 Å². The number of nitrogens with zero attached hydrogens (tertiary/aromatic N) is 1. The lowest BCUT2D eigenvalue weighted by atomic mass is 10.1. The standard InChI is InChI=1S/C15H16ClN3O/c1-3-17-11-6-7-12(10(2)9-11)15(20)19-14-13(16)5-4-8-18-14/h4-9,17H,3H2,1-2H3,(H,18,19,20). The number of rotatable bonds is 4. The van der Waals surface area contributed by atoms with E-state index < -0.39 is 0 Å². The molecule has 2 aromatic rings. The van der Waals surface area contributed by atoms with Gasteiger partial charge in [-0.15, -0.1) is 0 Å². The van der Waals surface area contributed by atoms with Gasteiger partial charge in [0.25, 0.3) is 5.91 Å². The van der Waals surface area contributed by atoms with Gasteiger partial charge in [0.2, 0.25) is 0 Å². The van der Waals surface area contributed by atoms with Crippen LogP contribution in [-0.4, -0.2) is 17.4 Å². The summed E-state index contributed by atoms with van der Waals surface area (Å²) in [7, 11) is 0. The SMILES string of the molecule is CCNc1ccc(C(=O)Nc2ncccc2Cl)c(C)c1. The molecule has 0 spiro atoms. The van der Waals surface area contributed by atoms with E-state index in [4.69, 9.17) is 11.6 Å². The molecule has 2 N–H and O–H groups in total. The molecule has 1 aromatic heterocycles. The smallest absolute Gasteiger partial charge is 0.257 e. The Morgan fingerprint density at radius 2 is 2.15 bits per heavy atom. The molecule has 0 aliphatic carbocycles. The molecule has 5 heteroatoms. The Kier molecular flexibility index (Phi) is 4.58. The lowest BCUT2D eigenvalue weighted by molar-refractivity contribution is 0.102. The van der Waals surface area contributed by atoms with Crippen molar-refractivity contribution in [3.8, 4) is 0 Å². The molecule has 1 heterocycles. The van der Waals surface area contributed by atoms with Crippen LogP contribution in [0.15, 0.2) is 36.5 Å². The van der Waals surface area contributed by atoms with Crippen LogP contribution in [0.5, 0.6) is 0 Å². The van der Waals surface area contributed by atoms with Gasteiger partial charge in [-0.1, -0.05) is 11.6 Å². The number of hydrogen-bond acceptors (Lipinski definition) is 3. The molecule has 0 bridgehead atoms. The third-order valence-electron chi connectivity index (χ3n) is 2.84. The Hall–Kier alpha value is -2.07. The highest BCUT2D eigenvalue weighted by Crippen LogP contribution is 2.20. The predicted molar refractivity (Wildman–Crippen MR) is 82.5 cm³/mol. The summed E-state index contributed by atoms with van der Waals surface area (Å²) in [5, 5.41) is 6.34. The lowest BCUT2D eigenvalue weighted by Gasteiger charge is -2.10. The molecule has 2 rings (SSSR count). The third-order valence-corrected chi connectivity index (χ3v) is 3.15. The molecule has 0 fully saturated rings. The lowest BCUT2D eigenvalue weighted by Crippen LogP contribution is -2.14. The summed E-state index contributed by atoms with van der Waals surface area (Å²) in [6, 6.07) is 9.02. The number of hydrogen-bond donors (Lipinski definition) is 2. The monoisotopic (exact) mass is 289 g/mol. The van der Waals surface area contributed by atoms with Crippen molar-refractivity contribution in [1.82, 2.24) is 4.98 Å². The van der Waals surface area contributed by atoms with Gasteiger partial charge < -0.3 is 10.6 Å². The number of carbonyl (C=O) groups is 1. The summed E-state index contributed by atoms with van der Waals surface area (Å²) >= 11 is 5.97. The maximum absolute atomic E-state index is 12.2. The number of aromatic nitrogens is 1. The van der Waals surface area contributed by atoms with E-state index in [0.717, 1.165) is 17.8 Å². The van der Waals surface area contributed by atoms with E-state index in [1.54, 1.807) is 24.4 Å². The fourth-order valence-electron chi connectivity index (χ4n) is 1.89. The second-order valence-electron chi connectivity index (χ2n) is 4.35. The molecule has 4 nitrogen and oxygen atoms in total. The number of pyridine rings is 1. The number of nitrogens with one attached hydrogen (secondary N) is 2. The van der Waals surface area contributed by atoms with Gasteiger partial charge in [-0.2, -0.15) is 0 Å². The molecule has 0 atom stereocenters. The van der Waals surface area contributed by atoms with Crippen molar-refractivity contribution in [2.75, 3.05) is 17.2 Å². The van der Waals surface area contributed by atoms with Crippen molar-refractivity contribution >= 4 is 29.0 Å². The predicted octanol–water partition coefficient (Wildman–Crippen LogP) is 3.73. The maximum Gasteiger partial charge on any atom is 0.257 e. The zero-order valence-electron chi connectivity index (χ0n) is 11.4. The largest absolute Gasteiger partial charge is 0.385 e. The highest BCUT2D eigenvalue weighted by atomic mass is 35.5. The number of aryl methyl sites for hydroxylation is 1. The van der Waals surface area contributed by atoms with E-state index in [-0.39, 0.29) is 5.91 Å². The van der Waals surface area contributed by atoms with Crippen LogP contribution in [0.2, 0.25) is 5.02 Å². The number of benzene rings is 1. The van der Waals surface area contributed by atoms with Gasteiger partial charge in [-0.05, 0) is 49.7 Å². The van der Waals surface area contributed by atoms with Crippen LogP contribution < -0.4 is 10.6 Å².